The zero-order chi connectivity index (χ0) is 13.8. The van der Waals surface area contributed by atoms with Gasteiger partial charge in [-0.15, -0.1) is 12.4 Å². The topological polar surface area (TPSA) is 84.2 Å². The Labute approximate surface area is 121 Å². The van der Waals surface area contributed by atoms with E-state index in [1.807, 2.05) is 31.2 Å². The monoisotopic (exact) mass is 307 g/mol. The Hall–Kier alpha value is -0.660. The highest BCUT2D eigenvalue weighted by atomic mass is 35.5. The van der Waals surface area contributed by atoms with Gasteiger partial charge >= 0.3 is 0 Å². The molecule has 0 radical (unpaired) electrons. The van der Waals surface area contributed by atoms with Crippen LogP contribution in [-0.2, 0) is 16.8 Å². The Morgan fingerprint density at radius 1 is 1.16 bits per heavy atom. The third-order valence-electron chi connectivity index (χ3n) is 2.36. The van der Waals surface area contributed by atoms with Crippen LogP contribution < -0.4 is 15.2 Å². The van der Waals surface area contributed by atoms with E-state index in [0.29, 0.717) is 0 Å². The molecule has 0 amide bonds. The van der Waals surface area contributed by atoms with Gasteiger partial charge in [0.2, 0.25) is 0 Å². The molecule has 4 N–H and O–H groups in total. The molecule has 0 saturated carbocycles. The minimum absolute atomic E-state index is 0. The first-order chi connectivity index (χ1) is 8.30. The molecule has 5 nitrogen and oxygen atoms in total. The van der Waals surface area contributed by atoms with Crippen molar-refractivity contribution in [1.82, 2.24) is 9.44 Å². The third-order valence-corrected chi connectivity index (χ3v) is 3.67. The van der Waals surface area contributed by atoms with E-state index in [-0.39, 0.29) is 31.0 Å². The van der Waals surface area contributed by atoms with Crippen molar-refractivity contribution in [3.05, 3.63) is 35.4 Å². The van der Waals surface area contributed by atoms with Crippen LogP contribution in [0.4, 0.5) is 0 Å². The fourth-order valence-corrected chi connectivity index (χ4v) is 2.53. The van der Waals surface area contributed by atoms with Crippen molar-refractivity contribution in [3.8, 4) is 0 Å². The minimum Gasteiger partial charge on any atom is -0.324 e. The third kappa shape index (κ3) is 6.89. The highest BCUT2D eigenvalue weighted by Gasteiger charge is 2.10. The van der Waals surface area contributed by atoms with Gasteiger partial charge < -0.3 is 5.73 Å². The Bertz CT molecular complexity index is 472. The van der Waals surface area contributed by atoms with E-state index in [1.54, 1.807) is 13.8 Å². The van der Waals surface area contributed by atoms with Gasteiger partial charge in [0.1, 0.15) is 0 Å². The molecule has 110 valence electrons. The molecule has 0 aliphatic heterocycles. The zero-order valence-corrected chi connectivity index (χ0v) is 13.0. The molecular formula is C12H22ClN3O2S. The standard InChI is InChI=1S/C12H21N3O2S.ClH/c1-9(2)15-18(16,17)14-8-11-4-6-12(7-5-11)10(3)13;/h4-7,9-10,14-15H,8,13H2,1-3H3;1H. The predicted octanol–water partition coefficient (Wildman–Crippen LogP) is 1.46. The molecule has 0 heterocycles. The molecule has 0 aliphatic carbocycles. The molecule has 1 aromatic carbocycles. The largest absolute Gasteiger partial charge is 0.324 e. The van der Waals surface area contributed by atoms with Crippen molar-refractivity contribution in [2.24, 2.45) is 5.73 Å². The number of benzene rings is 1. The molecule has 0 bridgehead atoms. The Kier molecular flexibility index (Phi) is 7.54. The molecule has 0 saturated heterocycles. The van der Waals surface area contributed by atoms with Gasteiger partial charge in [0, 0.05) is 18.6 Å². The van der Waals surface area contributed by atoms with Gasteiger partial charge in [-0.2, -0.15) is 17.9 Å². The van der Waals surface area contributed by atoms with Crippen molar-refractivity contribution in [2.75, 3.05) is 0 Å². The molecule has 0 aromatic heterocycles. The van der Waals surface area contributed by atoms with E-state index in [2.05, 4.69) is 9.44 Å². The summed E-state index contributed by atoms with van der Waals surface area (Å²) in [5.41, 5.74) is 7.67. The number of hydrogen-bond donors (Lipinski definition) is 3. The lowest BCUT2D eigenvalue weighted by Gasteiger charge is -2.11. The lowest BCUT2D eigenvalue weighted by Crippen LogP contribution is -2.39. The van der Waals surface area contributed by atoms with Crippen molar-refractivity contribution < 1.29 is 8.42 Å². The minimum atomic E-state index is -3.43. The summed E-state index contributed by atoms with van der Waals surface area (Å²) in [6.07, 6.45) is 0. The number of hydrogen-bond acceptors (Lipinski definition) is 3. The molecule has 0 aliphatic rings. The van der Waals surface area contributed by atoms with Crippen molar-refractivity contribution in [2.45, 2.75) is 39.4 Å². The average Bonchev–Trinajstić information content (AvgIpc) is 2.25. The second kappa shape index (κ2) is 7.81. The van der Waals surface area contributed by atoms with E-state index < -0.39 is 10.2 Å². The van der Waals surface area contributed by atoms with E-state index in [1.165, 1.54) is 0 Å². The van der Waals surface area contributed by atoms with E-state index in [0.717, 1.165) is 11.1 Å². The molecular weight excluding hydrogens is 286 g/mol. The van der Waals surface area contributed by atoms with Crippen LogP contribution in [0.3, 0.4) is 0 Å². The molecule has 0 fully saturated rings. The van der Waals surface area contributed by atoms with E-state index in [4.69, 9.17) is 5.73 Å². The normalized spacial score (nSPS) is 13.1. The molecule has 19 heavy (non-hydrogen) atoms. The number of rotatable bonds is 6. The fourth-order valence-electron chi connectivity index (χ4n) is 1.47. The molecule has 1 unspecified atom stereocenters. The van der Waals surface area contributed by atoms with Gasteiger partial charge in [0.25, 0.3) is 10.2 Å². The second-order valence-electron chi connectivity index (χ2n) is 4.63. The van der Waals surface area contributed by atoms with Crippen LogP contribution in [0.25, 0.3) is 0 Å². The van der Waals surface area contributed by atoms with Crippen molar-refractivity contribution >= 4 is 22.6 Å². The summed E-state index contributed by atoms with van der Waals surface area (Å²) < 4.78 is 28.0. The maximum atomic E-state index is 11.5. The van der Waals surface area contributed by atoms with Crippen LogP contribution in [-0.4, -0.2) is 14.5 Å². The maximum Gasteiger partial charge on any atom is 0.277 e. The lowest BCUT2D eigenvalue weighted by molar-refractivity contribution is 0.554. The summed E-state index contributed by atoms with van der Waals surface area (Å²) in [7, 11) is -3.43. The van der Waals surface area contributed by atoms with Crippen LogP contribution in [0, 0.1) is 0 Å². The summed E-state index contributed by atoms with van der Waals surface area (Å²) in [6.45, 7) is 5.72. The van der Waals surface area contributed by atoms with Crippen molar-refractivity contribution in [3.63, 3.8) is 0 Å². The summed E-state index contributed by atoms with van der Waals surface area (Å²) in [5, 5.41) is 0. The number of halogens is 1. The van der Waals surface area contributed by atoms with Gasteiger partial charge in [-0.05, 0) is 31.9 Å². The Balaban J connectivity index is 0.00000324. The SMILES string of the molecule is CC(C)NS(=O)(=O)NCc1ccc(C(C)N)cc1.Cl. The van der Waals surface area contributed by atoms with Crippen LogP contribution >= 0.6 is 12.4 Å². The molecule has 0 spiro atoms. The molecule has 1 aromatic rings. The summed E-state index contributed by atoms with van der Waals surface area (Å²) in [5.74, 6) is 0. The van der Waals surface area contributed by atoms with Crippen LogP contribution in [0.15, 0.2) is 24.3 Å². The quantitative estimate of drug-likeness (QED) is 0.744. The highest BCUT2D eigenvalue weighted by Crippen LogP contribution is 2.10. The first-order valence-corrected chi connectivity index (χ1v) is 7.40. The lowest BCUT2D eigenvalue weighted by atomic mass is 10.1. The van der Waals surface area contributed by atoms with Gasteiger partial charge in [-0.1, -0.05) is 24.3 Å². The molecule has 1 rings (SSSR count). The summed E-state index contributed by atoms with van der Waals surface area (Å²) in [6, 6.07) is 7.42. The van der Waals surface area contributed by atoms with Crippen LogP contribution in [0.5, 0.6) is 0 Å². The molecule has 1 atom stereocenters. The second-order valence-corrected chi connectivity index (χ2v) is 6.16. The highest BCUT2D eigenvalue weighted by molar-refractivity contribution is 7.87. The van der Waals surface area contributed by atoms with Gasteiger partial charge in [-0.3, -0.25) is 0 Å². The first kappa shape index (κ1) is 18.3. The maximum absolute atomic E-state index is 11.5. The number of nitrogens with two attached hydrogens (primary N) is 1. The summed E-state index contributed by atoms with van der Waals surface area (Å²) in [4.78, 5) is 0. The van der Waals surface area contributed by atoms with Crippen LogP contribution in [0.2, 0.25) is 0 Å². The van der Waals surface area contributed by atoms with E-state index >= 15 is 0 Å². The zero-order valence-electron chi connectivity index (χ0n) is 11.4. The van der Waals surface area contributed by atoms with Gasteiger partial charge in [-0.25, -0.2) is 0 Å². The van der Waals surface area contributed by atoms with Crippen molar-refractivity contribution in [1.29, 1.82) is 0 Å². The molecule has 7 heteroatoms. The predicted molar refractivity (Wildman–Crippen MR) is 80.3 cm³/mol. The van der Waals surface area contributed by atoms with E-state index in [9.17, 15) is 8.42 Å². The smallest absolute Gasteiger partial charge is 0.277 e. The fraction of sp³-hybridized carbons (Fsp3) is 0.500. The van der Waals surface area contributed by atoms with Gasteiger partial charge in [0.05, 0.1) is 0 Å². The Morgan fingerprint density at radius 3 is 2.11 bits per heavy atom. The number of nitrogens with one attached hydrogen (secondary N) is 2. The summed E-state index contributed by atoms with van der Waals surface area (Å²) >= 11 is 0. The average molecular weight is 308 g/mol. The first-order valence-electron chi connectivity index (χ1n) is 5.91. The van der Waals surface area contributed by atoms with Crippen LogP contribution in [0.1, 0.15) is 37.9 Å². The van der Waals surface area contributed by atoms with Gasteiger partial charge in [0.15, 0.2) is 0 Å². The Morgan fingerprint density at radius 2 is 1.68 bits per heavy atom.